The van der Waals surface area contributed by atoms with Crippen molar-refractivity contribution >= 4 is 15.9 Å². The maximum absolute atomic E-state index is 13.5. The largest absolute Gasteiger partial charge is 0.341 e. The van der Waals surface area contributed by atoms with Gasteiger partial charge in [0.2, 0.25) is 15.9 Å². The number of halogens is 2. The topological polar surface area (TPSA) is 66.5 Å². The van der Waals surface area contributed by atoms with Crippen LogP contribution < -0.4 is 4.72 Å². The molecular weight excluding hydrogens is 302 g/mol. The zero-order valence-corrected chi connectivity index (χ0v) is 12.3. The highest BCUT2D eigenvalue weighted by atomic mass is 32.2. The van der Waals surface area contributed by atoms with E-state index in [2.05, 4.69) is 4.72 Å². The minimum absolute atomic E-state index is 0.349. The first kappa shape index (κ1) is 15.8. The summed E-state index contributed by atoms with van der Waals surface area (Å²) >= 11 is 0. The lowest BCUT2D eigenvalue weighted by atomic mass is 10.3. The maximum Gasteiger partial charge on any atom is 0.244 e. The second kappa shape index (κ2) is 6.07. The van der Waals surface area contributed by atoms with Gasteiger partial charge in [-0.05, 0) is 31.9 Å². The Morgan fingerprint density at radius 1 is 1.29 bits per heavy atom. The summed E-state index contributed by atoms with van der Waals surface area (Å²) in [5, 5.41) is 0. The number of hydrogen-bond donors (Lipinski definition) is 1. The number of sulfonamides is 1. The van der Waals surface area contributed by atoms with Crippen LogP contribution in [0.25, 0.3) is 0 Å². The van der Waals surface area contributed by atoms with E-state index >= 15 is 0 Å². The van der Waals surface area contributed by atoms with Crippen LogP contribution in [0.5, 0.6) is 0 Å². The number of rotatable bonds is 4. The molecule has 1 aliphatic heterocycles. The van der Waals surface area contributed by atoms with E-state index in [4.69, 9.17) is 0 Å². The molecule has 1 aromatic carbocycles. The first-order valence-electron chi connectivity index (χ1n) is 6.57. The van der Waals surface area contributed by atoms with Crippen molar-refractivity contribution in [2.24, 2.45) is 0 Å². The number of likely N-dealkylation sites (tertiary alicyclic amines) is 1. The average molecular weight is 318 g/mol. The lowest BCUT2D eigenvalue weighted by Gasteiger charge is -2.21. The van der Waals surface area contributed by atoms with Crippen molar-refractivity contribution in [3.05, 3.63) is 29.8 Å². The standard InChI is InChI=1S/C13H16F2N2O3S/c1-9(13(18)17-6-2-3-7-17)16-21(19,20)12-5-4-10(14)8-11(12)15/h4-5,8-9,16H,2-3,6-7H2,1H3/t9-/m0/s1. The van der Waals surface area contributed by atoms with Gasteiger partial charge in [-0.2, -0.15) is 4.72 Å². The molecule has 2 rings (SSSR count). The third-order valence-electron chi connectivity index (χ3n) is 3.30. The molecule has 0 bridgehead atoms. The Kier molecular flexibility index (Phi) is 4.58. The van der Waals surface area contributed by atoms with Crippen LogP contribution >= 0.6 is 0 Å². The molecule has 0 aliphatic carbocycles. The third kappa shape index (κ3) is 3.56. The molecule has 1 saturated heterocycles. The van der Waals surface area contributed by atoms with Crippen LogP contribution in [0.2, 0.25) is 0 Å². The minimum atomic E-state index is -4.22. The van der Waals surface area contributed by atoms with Gasteiger partial charge >= 0.3 is 0 Å². The van der Waals surface area contributed by atoms with E-state index < -0.39 is 32.6 Å². The predicted octanol–water partition coefficient (Wildman–Crippen LogP) is 1.25. The fourth-order valence-corrected chi connectivity index (χ4v) is 3.51. The molecule has 0 aromatic heterocycles. The van der Waals surface area contributed by atoms with Crippen LogP contribution in [-0.2, 0) is 14.8 Å². The highest BCUT2D eigenvalue weighted by Gasteiger charge is 2.28. The Balaban J connectivity index is 2.14. The van der Waals surface area contributed by atoms with E-state index in [1.807, 2.05) is 0 Å². The lowest BCUT2D eigenvalue weighted by Crippen LogP contribution is -2.46. The summed E-state index contributed by atoms with van der Waals surface area (Å²) in [5.41, 5.74) is 0. The first-order valence-corrected chi connectivity index (χ1v) is 8.06. The highest BCUT2D eigenvalue weighted by molar-refractivity contribution is 7.89. The number of nitrogens with one attached hydrogen (secondary N) is 1. The van der Waals surface area contributed by atoms with Crippen LogP contribution in [0.3, 0.4) is 0 Å². The molecule has 1 atom stereocenters. The van der Waals surface area contributed by atoms with Crippen LogP contribution in [0.4, 0.5) is 8.78 Å². The van der Waals surface area contributed by atoms with Gasteiger partial charge in [0, 0.05) is 19.2 Å². The molecule has 21 heavy (non-hydrogen) atoms. The summed E-state index contributed by atoms with van der Waals surface area (Å²) < 4.78 is 52.6. The number of nitrogens with zero attached hydrogens (tertiary/aromatic N) is 1. The fourth-order valence-electron chi connectivity index (χ4n) is 2.25. The van der Waals surface area contributed by atoms with E-state index in [0.29, 0.717) is 19.2 Å². The van der Waals surface area contributed by atoms with Crippen molar-refractivity contribution in [2.75, 3.05) is 13.1 Å². The molecule has 0 radical (unpaired) electrons. The van der Waals surface area contributed by atoms with Crippen molar-refractivity contribution in [3.8, 4) is 0 Å². The van der Waals surface area contributed by atoms with Gasteiger partial charge < -0.3 is 4.90 Å². The van der Waals surface area contributed by atoms with Crippen LogP contribution in [0.1, 0.15) is 19.8 Å². The molecular formula is C13H16F2N2O3S. The molecule has 8 heteroatoms. The van der Waals surface area contributed by atoms with Crippen molar-refractivity contribution in [3.63, 3.8) is 0 Å². The van der Waals surface area contributed by atoms with Gasteiger partial charge in [-0.25, -0.2) is 17.2 Å². The van der Waals surface area contributed by atoms with Gasteiger partial charge in [0.05, 0.1) is 6.04 Å². The number of hydrogen-bond acceptors (Lipinski definition) is 3. The van der Waals surface area contributed by atoms with Crippen LogP contribution in [-0.4, -0.2) is 38.4 Å². The van der Waals surface area contributed by atoms with Crippen molar-refractivity contribution in [1.82, 2.24) is 9.62 Å². The summed E-state index contributed by atoms with van der Waals surface area (Å²) in [4.78, 5) is 12.9. The molecule has 1 N–H and O–H groups in total. The third-order valence-corrected chi connectivity index (χ3v) is 4.88. The molecule has 5 nitrogen and oxygen atoms in total. The van der Waals surface area contributed by atoms with E-state index in [1.54, 1.807) is 4.90 Å². The molecule has 0 unspecified atom stereocenters. The first-order chi connectivity index (χ1) is 9.81. The van der Waals surface area contributed by atoms with E-state index in [9.17, 15) is 22.0 Å². The van der Waals surface area contributed by atoms with Crippen molar-refractivity contribution < 1.29 is 22.0 Å². The smallest absolute Gasteiger partial charge is 0.244 e. The van der Waals surface area contributed by atoms with Crippen molar-refractivity contribution in [1.29, 1.82) is 0 Å². The average Bonchev–Trinajstić information content (AvgIpc) is 2.90. The fraction of sp³-hybridized carbons (Fsp3) is 0.462. The van der Waals surface area contributed by atoms with Crippen molar-refractivity contribution in [2.45, 2.75) is 30.7 Å². The van der Waals surface area contributed by atoms with Gasteiger partial charge in [0.1, 0.15) is 16.5 Å². The van der Waals surface area contributed by atoms with Crippen LogP contribution in [0, 0.1) is 11.6 Å². The quantitative estimate of drug-likeness (QED) is 0.909. The highest BCUT2D eigenvalue weighted by Crippen LogP contribution is 2.16. The molecule has 116 valence electrons. The normalized spacial score (nSPS) is 17.0. The summed E-state index contributed by atoms with van der Waals surface area (Å²) in [6.07, 6.45) is 1.77. The Bertz CT molecular complexity index is 643. The summed E-state index contributed by atoms with van der Waals surface area (Å²) in [6, 6.07) is 1.17. The van der Waals surface area contributed by atoms with Gasteiger partial charge in [-0.3, -0.25) is 4.79 Å². The maximum atomic E-state index is 13.5. The second-order valence-electron chi connectivity index (χ2n) is 4.95. The van der Waals surface area contributed by atoms with Gasteiger partial charge in [0.15, 0.2) is 0 Å². The number of carbonyl (C=O) groups excluding carboxylic acids is 1. The van der Waals surface area contributed by atoms with Crippen LogP contribution in [0.15, 0.2) is 23.1 Å². The molecule has 0 spiro atoms. The lowest BCUT2D eigenvalue weighted by molar-refractivity contribution is -0.131. The SMILES string of the molecule is C[C@H](NS(=O)(=O)c1ccc(F)cc1F)C(=O)N1CCCC1. The Morgan fingerprint density at radius 2 is 1.90 bits per heavy atom. The Hall–Kier alpha value is -1.54. The Morgan fingerprint density at radius 3 is 2.48 bits per heavy atom. The number of amides is 1. The summed E-state index contributed by atoms with van der Waals surface area (Å²) in [5.74, 6) is -2.41. The zero-order chi connectivity index (χ0) is 15.6. The molecule has 1 aliphatic rings. The predicted molar refractivity (Wildman–Crippen MR) is 72.0 cm³/mol. The minimum Gasteiger partial charge on any atom is -0.341 e. The van der Waals surface area contributed by atoms with Gasteiger partial charge in [0.25, 0.3) is 0 Å². The van der Waals surface area contributed by atoms with E-state index in [0.717, 1.165) is 25.0 Å². The molecule has 1 amide bonds. The molecule has 1 heterocycles. The Labute approximate surface area is 122 Å². The summed E-state index contributed by atoms with van der Waals surface area (Å²) in [7, 11) is -4.22. The molecule has 1 aromatic rings. The zero-order valence-electron chi connectivity index (χ0n) is 11.5. The van der Waals surface area contributed by atoms with E-state index in [1.165, 1.54) is 6.92 Å². The van der Waals surface area contributed by atoms with Gasteiger partial charge in [-0.1, -0.05) is 0 Å². The second-order valence-corrected chi connectivity index (χ2v) is 6.63. The van der Waals surface area contributed by atoms with E-state index in [-0.39, 0.29) is 5.91 Å². The number of benzene rings is 1. The van der Waals surface area contributed by atoms with Gasteiger partial charge in [-0.15, -0.1) is 0 Å². The monoisotopic (exact) mass is 318 g/mol. The molecule has 0 saturated carbocycles. The molecule has 1 fully saturated rings. The number of carbonyl (C=O) groups is 1. The summed E-state index contributed by atoms with van der Waals surface area (Å²) in [6.45, 7) is 2.59.